The Kier molecular flexibility index (Phi) is 3.30. The second kappa shape index (κ2) is 4.74. The van der Waals surface area contributed by atoms with E-state index in [1.807, 2.05) is 0 Å². The highest BCUT2D eigenvalue weighted by molar-refractivity contribution is 6.30. The minimum Gasteiger partial charge on any atom is -0.478 e. The van der Waals surface area contributed by atoms with Gasteiger partial charge < -0.3 is 5.11 Å². The Morgan fingerprint density at radius 2 is 1.83 bits per heavy atom. The number of aromatic carboxylic acids is 1. The van der Waals surface area contributed by atoms with Crippen molar-refractivity contribution in [2.75, 3.05) is 0 Å². The van der Waals surface area contributed by atoms with E-state index < -0.39 is 23.2 Å². The van der Waals surface area contributed by atoms with Gasteiger partial charge in [0.2, 0.25) is 0 Å². The van der Waals surface area contributed by atoms with Crippen LogP contribution >= 0.6 is 11.6 Å². The molecule has 5 heteroatoms. The molecule has 0 aliphatic heterocycles. The molecule has 0 saturated heterocycles. The highest BCUT2D eigenvalue weighted by Gasteiger charge is 2.17. The Morgan fingerprint density at radius 3 is 2.44 bits per heavy atom. The van der Waals surface area contributed by atoms with E-state index in [0.29, 0.717) is 0 Å². The summed E-state index contributed by atoms with van der Waals surface area (Å²) in [6.07, 6.45) is 0. The number of halogens is 3. The van der Waals surface area contributed by atoms with Gasteiger partial charge >= 0.3 is 5.97 Å². The van der Waals surface area contributed by atoms with E-state index in [0.717, 1.165) is 12.1 Å². The molecular weight excluding hydrogens is 262 g/mol. The number of carboxylic acid groups (broad SMARTS) is 1. The minimum atomic E-state index is -1.40. The van der Waals surface area contributed by atoms with Gasteiger partial charge in [-0.1, -0.05) is 23.7 Å². The van der Waals surface area contributed by atoms with Crippen LogP contribution in [0.2, 0.25) is 5.02 Å². The summed E-state index contributed by atoms with van der Waals surface area (Å²) in [6.45, 7) is 0. The molecule has 18 heavy (non-hydrogen) atoms. The normalized spacial score (nSPS) is 10.4. The second-order valence-corrected chi connectivity index (χ2v) is 4.03. The number of hydrogen-bond donors (Lipinski definition) is 1. The van der Waals surface area contributed by atoms with E-state index in [1.165, 1.54) is 24.3 Å². The molecule has 0 aliphatic carbocycles. The van der Waals surface area contributed by atoms with Gasteiger partial charge in [0, 0.05) is 16.1 Å². The monoisotopic (exact) mass is 268 g/mol. The first kappa shape index (κ1) is 12.5. The molecule has 0 fully saturated rings. The van der Waals surface area contributed by atoms with Crippen molar-refractivity contribution < 1.29 is 18.7 Å². The maximum Gasteiger partial charge on any atom is 0.338 e. The quantitative estimate of drug-likeness (QED) is 0.894. The number of carboxylic acids is 1. The van der Waals surface area contributed by atoms with E-state index in [9.17, 15) is 13.6 Å². The van der Waals surface area contributed by atoms with Gasteiger partial charge in [0.15, 0.2) is 0 Å². The molecule has 0 aromatic heterocycles. The first-order valence-corrected chi connectivity index (χ1v) is 5.35. The highest BCUT2D eigenvalue weighted by Crippen LogP contribution is 2.29. The standard InChI is InChI=1S/C13H7ClF2O2/c14-7-4-5-8(11(15)6-7)9-2-1-3-10(12(9)16)13(17)18/h1-6H,(H,17,18). The third-order valence-electron chi connectivity index (χ3n) is 2.45. The van der Waals surface area contributed by atoms with Crippen molar-refractivity contribution in [3.8, 4) is 11.1 Å². The Bertz CT molecular complexity index is 626. The first-order chi connectivity index (χ1) is 8.50. The van der Waals surface area contributed by atoms with Gasteiger partial charge in [0.1, 0.15) is 11.6 Å². The van der Waals surface area contributed by atoms with Crippen LogP contribution in [0.4, 0.5) is 8.78 Å². The molecule has 2 aromatic rings. The van der Waals surface area contributed by atoms with Crippen LogP contribution in [0.5, 0.6) is 0 Å². The lowest BCUT2D eigenvalue weighted by Crippen LogP contribution is -2.02. The predicted molar refractivity (Wildman–Crippen MR) is 63.8 cm³/mol. The molecule has 92 valence electrons. The Balaban J connectivity index is 2.64. The third-order valence-corrected chi connectivity index (χ3v) is 2.69. The lowest BCUT2D eigenvalue weighted by molar-refractivity contribution is 0.0692. The van der Waals surface area contributed by atoms with Crippen molar-refractivity contribution in [2.45, 2.75) is 0 Å². The Morgan fingerprint density at radius 1 is 1.11 bits per heavy atom. The van der Waals surface area contributed by atoms with E-state index in [4.69, 9.17) is 16.7 Å². The van der Waals surface area contributed by atoms with Crippen LogP contribution in [-0.2, 0) is 0 Å². The lowest BCUT2D eigenvalue weighted by atomic mass is 10.0. The summed E-state index contributed by atoms with van der Waals surface area (Å²) in [5.41, 5.74) is -0.633. The molecule has 0 atom stereocenters. The maximum absolute atomic E-state index is 13.9. The van der Waals surface area contributed by atoms with Crippen molar-refractivity contribution in [2.24, 2.45) is 0 Å². The molecule has 2 aromatic carbocycles. The predicted octanol–water partition coefficient (Wildman–Crippen LogP) is 3.98. The molecule has 0 amide bonds. The molecule has 0 bridgehead atoms. The number of benzene rings is 2. The van der Waals surface area contributed by atoms with Crippen molar-refractivity contribution in [3.63, 3.8) is 0 Å². The lowest BCUT2D eigenvalue weighted by Gasteiger charge is -2.07. The van der Waals surface area contributed by atoms with Gasteiger partial charge in [-0.15, -0.1) is 0 Å². The average Bonchev–Trinajstić information content (AvgIpc) is 2.30. The largest absolute Gasteiger partial charge is 0.478 e. The van der Waals surface area contributed by atoms with Crippen LogP contribution < -0.4 is 0 Å². The molecule has 0 aliphatic rings. The van der Waals surface area contributed by atoms with Crippen molar-refractivity contribution in [1.82, 2.24) is 0 Å². The van der Waals surface area contributed by atoms with Gasteiger partial charge in [-0.2, -0.15) is 0 Å². The fourth-order valence-electron chi connectivity index (χ4n) is 1.61. The van der Waals surface area contributed by atoms with Crippen molar-refractivity contribution in [3.05, 3.63) is 58.6 Å². The van der Waals surface area contributed by atoms with Gasteiger partial charge in [-0.25, -0.2) is 13.6 Å². The highest BCUT2D eigenvalue weighted by atomic mass is 35.5. The number of hydrogen-bond acceptors (Lipinski definition) is 1. The zero-order valence-corrected chi connectivity index (χ0v) is 9.71. The average molecular weight is 269 g/mol. The summed E-state index contributed by atoms with van der Waals surface area (Å²) in [5, 5.41) is 8.98. The number of carbonyl (C=O) groups is 1. The van der Waals surface area contributed by atoms with Gasteiger partial charge in [-0.05, 0) is 24.3 Å². The van der Waals surface area contributed by atoms with Gasteiger partial charge in [-0.3, -0.25) is 0 Å². The Labute approximate surface area is 106 Å². The van der Waals surface area contributed by atoms with Crippen LogP contribution in [0, 0.1) is 11.6 Å². The smallest absolute Gasteiger partial charge is 0.338 e. The summed E-state index contributed by atoms with van der Waals surface area (Å²) >= 11 is 5.60. The molecular formula is C13H7ClF2O2. The summed E-state index contributed by atoms with van der Waals surface area (Å²) in [7, 11) is 0. The molecule has 1 N–H and O–H groups in total. The molecule has 0 heterocycles. The first-order valence-electron chi connectivity index (χ1n) is 4.98. The molecule has 0 radical (unpaired) electrons. The molecule has 0 saturated carbocycles. The fourth-order valence-corrected chi connectivity index (χ4v) is 1.77. The fraction of sp³-hybridized carbons (Fsp3) is 0. The molecule has 0 unspecified atom stereocenters. The van der Waals surface area contributed by atoms with Gasteiger partial charge in [0.05, 0.1) is 5.56 Å². The van der Waals surface area contributed by atoms with E-state index >= 15 is 0 Å². The summed E-state index contributed by atoms with van der Waals surface area (Å²) in [4.78, 5) is 10.8. The van der Waals surface area contributed by atoms with E-state index in [2.05, 4.69) is 0 Å². The van der Waals surface area contributed by atoms with Crippen LogP contribution in [-0.4, -0.2) is 11.1 Å². The third kappa shape index (κ3) is 2.19. The topological polar surface area (TPSA) is 37.3 Å². The van der Waals surface area contributed by atoms with Crippen LogP contribution in [0.1, 0.15) is 10.4 Å². The van der Waals surface area contributed by atoms with Crippen LogP contribution in [0.25, 0.3) is 11.1 Å². The minimum absolute atomic E-state index is 0.0278. The van der Waals surface area contributed by atoms with E-state index in [1.54, 1.807) is 0 Å². The molecule has 2 rings (SSSR count). The maximum atomic E-state index is 13.9. The zero-order chi connectivity index (χ0) is 13.3. The van der Waals surface area contributed by atoms with Gasteiger partial charge in [0.25, 0.3) is 0 Å². The van der Waals surface area contributed by atoms with Crippen molar-refractivity contribution in [1.29, 1.82) is 0 Å². The Hall–Kier alpha value is -1.94. The second-order valence-electron chi connectivity index (χ2n) is 3.60. The number of rotatable bonds is 2. The summed E-state index contributed by atoms with van der Waals surface area (Å²) in [5.74, 6) is -3.07. The van der Waals surface area contributed by atoms with E-state index in [-0.39, 0.29) is 16.1 Å². The van der Waals surface area contributed by atoms with Crippen molar-refractivity contribution >= 4 is 17.6 Å². The summed E-state index contributed by atoms with van der Waals surface area (Å²) in [6, 6.07) is 7.55. The molecule has 2 nitrogen and oxygen atoms in total. The van der Waals surface area contributed by atoms with Crippen LogP contribution in [0.15, 0.2) is 36.4 Å². The SMILES string of the molecule is O=C(O)c1cccc(-c2ccc(Cl)cc2F)c1F. The summed E-state index contributed by atoms with van der Waals surface area (Å²) < 4.78 is 27.6. The molecule has 0 spiro atoms. The van der Waals surface area contributed by atoms with Crippen LogP contribution in [0.3, 0.4) is 0 Å². The zero-order valence-electron chi connectivity index (χ0n) is 8.95.